The molecule has 112 valence electrons. The van der Waals surface area contributed by atoms with Crippen LogP contribution in [0.25, 0.3) is 0 Å². The monoisotopic (exact) mass is 273 g/mol. The Morgan fingerprint density at radius 3 is 2.21 bits per heavy atom. The molecule has 0 spiro atoms. The molecule has 19 heavy (non-hydrogen) atoms. The van der Waals surface area contributed by atoms with E-state index in [1.807, 2.05) is 20.8 Å². The van der Waals surface area contributed by atoms with E-state index in [2.05, 4.69) is 0 Å². The Balaban J connectivity index is 4.67. The number of rotatable bonds is 7. The van der Waals surface area contributed by atoms with Crippen LogP contribution in [0.2, 0.25) is 0 Å². The first-order chi connectivity index (χ1) is 8.73. The van der Waals surface area contributed by atoms with Crippen molar-refractivity contribution in [3.63, 3.8) is 0 Å². The Hall–Kier alpha value is -1.10. The van der Waals surface area contributed by atoms with E-state index in [0.29, 0.717) is 19.7 Å². The van der Waals surface area contributed by atoms with Crippen LogP contribution in [0.4, 0.5) is 0 Å². The zero-order valence-corrected chi connectivity index (χ0v) is 13.0. The van der Waals surface area contributed by atoms with Gasteiger partial charge in [-0.15, -0.1) is 0 Å². The quantitative estimate of drug-likeness (QED) is 0.523. The van der Waals surface area contributed by atoms with Crippen molar-refractivity contribution in [2.75, 3.05) is 33.9 Å². The standard InChI is InChI=1S/C14H27NO4/c1-11(12(16)19-6)10-15(8-7-9-18-5)13(17)14(2,3)4/h11H,7-10H2,1-6H3. The van der Waals surface area contributed by atoms with Crippen LogP contribution in [0.1, 0.15) is 34.1 Å². The summed E-state index contributed by atoms with van der Waals surface area (Å²) in [7, 11) is 2.99. The number of methoxy groups -OCH3 is 2. The second kappa shape index (κ2) is 8.15. The van der Waals surface area contributed by atoms with Crippen molar-refractivity contribution >= 4 is 11.9 Å². The molecule has 5 heteroatoms. The Kier molecular flexibility index (Phi) is 7.68. The summed E-state index contributed by atoms with van der Waals surface area (Å²) in [6, 6.07) is 0. The van der Waals surface area contributed by atoms with E-state index in [-0.39, 0.29) is 17.8 Å². The zero-order valence-electron chi connectivity index (χ0n) is 13.0. The summed E-state index contributed by atoms with van der Waals surface area (Å²) in [4.78, 5) is 25.5. The predicted octanol–water partition coefficient (Wildman–Crippen LogP) is 1.71. The molecule has 0 saturated carbocycles. The van der Waals surface area contributed by atoms with E-state index in [1.165, 1.54) is 7.11 Å². The minimum absolute atomic E-state index is 0.0411. The third-order valence-corrected chi connectivity index (χ3v) is 2.80. The molecule has 5 nitrogen and oxygen atoms in total. The molecule has 0 aromatic rings. The Bertz CT molecular complexity index is 296. The van der Waals surface area contributed by atoms with E-state index in [9.17, 15) is 9.59 Å². The maximum atomic E-state index is 12.3. The average Bonchev–Trinajstić information content (AvgIpc) is 2.34. The Morgan fingerprint density at radius 1 is 1.21 bits per heavy atom. The minimum atomic E-state index is -0.455. The zero-order chi connectivity index (χ0) is 15.1. The number of nitrogens with zero attached hydrogens (tertiary/aromatic N) is 1. The van der Waals surface area contributed by atoms with Crippen molar-refractivity contribution in [2.24, 2.45) is 11.3 Å². The van der Waals surface area contributed by atoms with Crippen molar-refractivity contribution in [3.8, 4) is 0 Å². The van der Waals surface area contributed by atoms with Gasteiger partial charge in [0.05, 0.1) is 13.0 Å². The summed E-state index contributed by atoms with van der Waals surface area (Å²) < 4.78 is 9.70. The summed E-state index contributed by atoms with van der Waals surface area (Å²) in [6.07, 6.45) is 0.756. The van der Waals surface area contributed by atoms with Gasteiger partial charge < -0.3 is 14.4 Å². The van der Waals surface area contributed by atoms with Crippen molar-refractivity contribution in [2.45, 2.75) is 34.1 Å². The Labute approximate surface area is 116 Å². The first kappa shape index (κ1) is 17.9. The van der Waals surface area contributed by atoms with Gasteiger partial charge in [0.2, 0.25) is 5.91 Å². The van der Waals surface area contributed by atoms with Crippen LogP contribution in [-0.4, -0.2) is 50.7 Å². The largest absolute Gasteiger partial charge is 0.469 e. The number of amides is 1. The molecular formula is C14H27NO4. The van der Waals surface area contributed by atoms with E-state index < -0.39 is 5.41 Å². The molecule has 0 N–H and O–H groups in total. The molecule has 0 rings (SSSR count). The van der Waals surface area contributed by atoms with Crippen LogP contribution in [0, 0.1) is 11.3 Å². The molecule has 0 aliphatic heterocycles. The third-order valence-electron chi connectivity index (χ3n) is 2.80. The van der Waals surface area contributed by atoms with Crippen LogP contribution >= 0.6 is 0 Å². The van der Waals surface area contributed by atoms with Crippen LogP contribution in [0.5, 0.6) is 0 Å². The summed E-state index contributed by atoms with van der Waals surface area (Å²) in [5, 5.41) is 0. The molecule has 0 aliphatic carbocycles. The minimum Gasteiger partial charge on any atom is -0.469 e. The molecule has 1 atom stereocenters. The van der Waals surface area contributed by atoms with Gasteiger partial charge in [0, 0.05) is 32.2 Å². The summed E-state index contributed by atoms with van der Waals surface area (Å²) in [6.45, 7) is 8.97. The molecule has 0 aliphatic rings. The van der Waals surface area contributed by atoms with Crippen LogP contribution in [0.15, 0.2) is 0 Å². The molecule has 1 amide bonds. The summed E-state index contributed by atoms with van der Waals surface area (Å²) in [5.74, 6) is -0.573. The van der Waals surface area contributed by atoms with E-state index >= 15 is 0 Å². The average molecular weight is 273 g/mol. The topological polar surface area (TPSA) is 55.8 Å². The van der Waals surface area contributed by atoms with Crippen LogP contribution < -0.4 is 0 Å². The fourth-order valence-electron chi connectivity index (χ4n) is 1.76. The number of ether oxygens (including phenoxy) is 2. The lowest BCUT2D eigenvalue weighted by Crippen LogP contribution is -2.43. The third kappa shape index (κ3) is 6.57. The molecule has 0 saturated heterocycles. The second-order valence-electron chi connectivity index (χ2n) is 5.77. The molecule has 0 aromatic carbocycles. The Morgan fingerprint density at radius 2 is 1.79 bits per heavy atom. The van der Waals surface area contributed by atoms with E-state index in [1.54, 1.807) is 18.9 Å². The summed E-state index contributed by atoms with van der Waals surface area (Å²) in [5.41, 5.74) is -0.455. The van der Waals surface area contributed by atoms with Gasteiger partial charge in [-0.3, -0.25) is 9.59 Å². The fraction of sp³-hybridized carbons (Fsp3) is 0.857. The van der Waals surface area contributed by atoms with E-state index in [0.717, 1.165) is 6.42 Å². The van der Waals surface area contributed by atoms with Crippen molar-refractivity contribution in [3.05, 3.63) is 0 Å². The molecule has 0 bridgehead atoms. The fourth-order valence-corrected chi connectivity index (χ4v) is 1.76. The van der Waals surface area contributed by atoms with Crippen molar-refractivity contribution in [1.82, 2.24) is 4.90 Å². The van der Waals surface area contributed by atoms with Gasteiger partial charge in [0.25, 0.3) is 0 Å². The highest BCUT2D eigenvalue weighted by Crippen LogP contribution is 2.19. The van der Waals surface area contributed by atoms with Crippen LogP contribution in [-0.2, 0) is 19.1 Å². The lowest BCUT2D eigenvalue weighted by atomic mass is 9.94. The highest BCUT2D eigenvalue weighted by Gasteiger charge is 2.29. The maximum absolute atomic E-state index is 12.3. The van der Waals surface area contributed by atoms with Gasteiger partial charge in [-0.05, 0) is 6.42 Å². The highest BCUT2D eigenvalue weighted by atomic mass is 16.5. The van der Waals surface area contributed by atoms with Crippen molar-refractivity contribution in [1.29, 1.82) is 0 Å². The SMILES string of the molecule is COCCCN(CC(C)C(=O)OC)C(=O)C(C)(C)C. The van der Waals surface area contributed by atoms with Crippen molar-refractivity contribution < 1.29 is 19.1 Å². The first-order valence-electron chi connectivity index (χ1n) is 6.60. The van der Waals surface area contributed by atoms with Gasteiger partial charge in [0.15, 0.2) is 0 Å². The smallest absolute Gasteiger partial charge is 0.310 e. The predicted molar refractivity (Wildman–Crippen MR) is 73.7 cm³/mol. The van der Waals surface area contributed by atoms with E-state index in [4.69, 9.17) is 9.47 Å². The first-order valence-corrected chi connectivity index (χ1v) is 6.60. The molecule has 0 heterocycles. The van der Waals surface area contributed by atoms with Gasteiger partial charge in [0.1, 0.15) is 0 Å². The number of esters is 1. The molecule has 0 aromatic heterocycles. The molecule has 0 radical (unpaired) electrons. The molecular weight excluding hydrogens is 246 g/mol. The lowest BCUT2D eigenvalue weighted by Gasteiger charge is -2.31. The van der Waals surface area contributed by atoms with Crippen LogP contribution in [0.3, 0.4) is 0 Å². The molecule has 0 fully saturated rings. The highest BCUT2D eigenvalue weighted by molar-refractivity contribution is 5.82. The number of carbonyl (C=O) groups excluding carboxylic acids is 2. The number of hydrogen-bond acceptors (Lipinski definition) is 4. The lowest BCUT2D eigenvalue weighted by molar-refractivity contribution is -0.148. The molecule has 1 unspecified atom stereocenters. The van der Waals surface area contributed by atoms with Gasteiger partial charge in [-0.25, -0.2) is 0 Å². The van der Waals surface area contributed by atoms with Gasteiger partial charge >= 0.3 is 5.97 Å². The maximum Gasteiger partial charge on any atom is 0.310 e. The summed E-state index contributed by atoms with van der Waals surface area (Å²) >= 11 is 0. The number of carbonyl (C=O) groups is 2. The normalized spacial score (nSPS) is 12.9. The second-order valence-corrected chi connectivity index (χ2v) is 5.77. The van der Waals surface area contributed by atoms with Gasteiger partial charge in [-0.1, -0.05) is 27.7 Å². The number of hydrogen-bond donors (Lipinski definition) is 0. The van der Waals surface area contributed by atoms with Gasteiger partial charge in [-0.2, -0.15) is 0 Å².